The topological polar surface area (TPSA) is 63.8 Å². The van der Waals surface area contributed by atoms with Crippen LogP contribution in [-0.4, -0.2) is 30.2 Å². The van der Waals surface area contributed by atoms with E-state index in [9.17, 15) is 5.11 Å². The molecule has 1 aliphatic rings. The lowest BCUT2D eigenvalue weighted by Gasteiger charge is -2.26. The molecule has 3 aromatic heterocycles. The molecular formula is C18H17ClN4OS. The first kappa shape index (κ1) is 16.5. The Balaban J connectivity index is 1.76. The molecule has 1 aliphatic carbocycles. The Hall–Kier alpha value is -1.94. The zero-order valence-corrected chi connectivity index (χ0v) is 15.4. The van der Waals surface area contributed by atoms with E-state index in [1.54, 1.807) is 11.3 Å². The second-order valence-electron chi connectivity index (χ2n) is 6.32. The Morgan fingerprint density at radius 1 is 1.24 bits per heavy atom. The number of imidazole rings is 1. The molecule has 1 fully saturated rings. The van der Waals surface area contributed by atoms with Crippen molar-refractivity contribution < 1.29 is 5.11 Å². The Labute approximate surface area is 154 Å². The molecule has 4 rings (SSSR count). The lowest BCUT2D eigenvalue weighted by atomic mass is 9.85. The largest absolute Gasteiger partial charge is 0.378 e. The fourth-order valence-electron chi connectivity index (χ4n) is 3.14. The van der Waals surface area contributed by atoms with Crippen LogP contribution in [0, 0.1) is 11.8 Å². The highest BCUT2D eigenvalue weighted by molar-refractivity contribution is 7.13. The van der Waals surface area contributed by atoms with Gasteiger partial charge < -0.3 is 9.67 Å². The Morgan fingerprint density at radius 3 is 2.76 bits per heavy atom. The molecule has 5 nitrogen and oxygen atoms in total. The molecule has 3 aromatic rings. The lowest BCUT2D eigenvalue weighted by molar-refractivity contribution is 0.0610. The molecule has 0 unspecified atom stereocenters. The third-order valence-electron chi connectivity index (χ3n) is 4.51. The number of thiophene rings is 1. The monoisotopic (exact) mass is 372 g/mol. The van der Waals surface area contributed by atoms with Gasteiger partial charge in [-0.1, -0.05) is 30.0 Å². The summed E-state index contributed by atoms with van der Waals surface area (Å²) in [6.45, 7) is 0. The van der Waals surface area contributed by atoms with Gasteiger partial charge in [0.1, 0.15) is 11.1 Å². The van der Waals surface area contributed by atoms with Crippen LogP contribution in [0.2, 0.25) is 5.15 Å². The van der Waals surface area contributed by atoms with E-state index in [4.69, 9.17) is 11.6 Å². The normalized spacial score (nSPS) is 16.6. The van der Waals surface area contributed by atoms with Crippen LogP contribution in [0.25, 0.3) is 21.9 Å². The van der Waals surface area contributed by atoms with Gasteiger partial charge in [-0.05, 0) is 43.1 Å². The van der Waals surface area contributed by atoms with E-state index in [-0.39, 0.29) is 5.15 Å². The molecule has 0 aromatic carbocycles. The highest BCUT2D eigenvalue weighted by Gasteiger charge is 2.26. The summed E-state index contributed by atoms with van der Waals surface area (Å²) >= 11 is 7.92. The maximum Gasteiger partial charge on any atom is 0.208 e. The molecule has 0 radical (unpaired) electrons. The molecule has 1 N–H and O–H groups in total. The third kappa shape index (κ3) is 3.15. The molecule has 25 heavy (non-hydrogen) atoms. The van der Waals surface area contributed by atoms with Crippen molar-refractivity contribution in [1.29, 1.82) is 0 Å². The van der Waals surface area contributed by atoms with Gasteiger partial charge in [-0.25, -0.2) is 15.0 Å². The highest BCUT2D eigenvalue weighted by Crippen LogP contribution is 2.29. The molecule has 0 amide bonds. The summed E-state index contributed by atoms with van der Waals surface area (Å²) in [5, 5.41) is 12.8. The van der Waals surface area contributed by atoms with E-state index in [0.29, 0.717) is 29.8 Å². The second kappa shape index (κ2) is 6.41. The summed E-state index contributed by atoms with van der Waals surface area (Å²) in [6, 6.07) is 3.99. The van der Waals surface area contributed by atoms with Gasteiger partial charge in [0.05, 0.1) is 4.88 Å². The van der Waals surface area contributed by atoms with E-state index in [2.05, 4.69) is 26.8 Å². The molecule has 0 saturated heterocycles. The van der Waals surface area contributed by atoms with Gasteiger partial charge >= 0.3 is 0 Å². The van der Waals surface area contributed by atoms with Gasteiger partial charge in [-0.3, -0.25) is 0 Å². The van der Waals surface area contributed by atoms with E-state index in [1.165, 1.54) is 0 Å². The summed E-state index contributed by atoms with van der Waals surface area (Å²) < 4.78 is 1.90. The van der Waals surface area contributed by atoms with Crippen LogP contribution in [-0.2, 0) is 7.05 Å². The quantitative estimate of drug-likeness (QED) is 0.521. The molecular weight excluding hydrogens is 356 g/mol. The fourth-order valence-corrected chi connectivity index (χ4v) is 4.10. The van der Waals surface area contributed by atoms with Crippen molar-refractivity contribution in [1.82, 2.24) is 19.5 Å². The Kier molecular flexibility index (Phi) is 4.24. The van der Waals surface area contributed by atoms with Crippen LogP contribution in [0.5, 0.6) is 0 Å². The first-order chi connectivity index (χ1) is 12.1. The number of aromatic nitrogens is 4. The van der Waals surface area contributed by atoms with Crippen molar-refractivity contribution in [3.8, 4) is 22.5 Å². The average Bonchev–Trinajstić information content (AvgIpc) is 3.23. The maximum absolute atomic E-state index is 10.5. The number of aryl methyl sites for hydroxylation is 1. The Bertz CT molecular complexity index is 978. The number of aliphatic hydroxyl groups is 1. The molecule has 3 heterocycles. The van der Waals surface area contributed by atoms with Crippen molar-refractivity contribution in [2.24, 2.45) is 7.05 Å². The van der Waals surface area contributed by atoms with Gasteiger partial charge in [0.2, 0.25) is 5.82 Å². The Morgan fingerprint density at radius 2 is 2.04 bits per heavy atom. The fraction of sp³-hybridized carbons (Fsp3) is 0.389. The minimum Gasteiger partial charge on any atom is -0.378 e. The predicted octanol–water partition coefficient (Wildman–Crippen LogP) is 3.79. The zero-order chi connectivity index (χ0) is 17.4. The average molecular weight is 373 g/mol. The summed E-state index contributed by atoms with van der Waals surface area (Å²) in [7, 11) is 1.90. The van der Waals surface area contributed by atoms with Crippen molar-refractivity contribution >= 4 is 34.1 Å². The number of rotatable bonds is 1. The van der Waals surface area contributed by atoms with Crippen LogP contribution >= 0.6 is 22.9 Å². The second-order valence-corrected chi connectivity index (χ2v) is 7.63. The number of hydrogen-bond acceptors (Lipinski definition) is 5. The SMILES string of the molecule is Cn1c(-c2cccs2)nc2c(Cl)nc(C#CC3(O)CCCCC3)nc21. The van der Waals surface area contributed by atoms with E-state index in [0.717, 1.165) is 30.0 Å². The molecule has 0 aliphatic heterocycles. The smallest absolute Gasteiger partial charge is 0.208 e. The lowest BCUT2D eigenvalue weighted by Crippen LogP contribution is -2.29. The standard InChI is InChI=1S/C18H17ClN4OS/c1-23-16(12-6-5-11-25-12)22-14-15(19)20-13(21-17(14)23)7-10-18(24)8-3-2-4-9-18/h5-6,11,24H,2-4,8-9H2,1H3. The maximum atomic E-state index is 10.5. The summed E-state index contributed by atoms with van der Waals surface area (Å²) in [4.78, 5) is 14.4. The van der Waals surface area contributed by atoms with Crippen molar-refractivity contribution in [2.45, 2.75) is 37.7 Å². The number of nitrogens with zero attached hydrogens (tertiary/aromatic N) is 4. The predicted molar refractivity (Wildman–Crippen MR) is 99.5 cm³/mol. The molecule has 0 atom stereocenters. The van der Waals surface area contributed by atoms with Gasteiger partial charge in [0.15, 0.2) is 16.6 Å². The first-order valence-corrected chi connectivity index (χ1v) is 9.51. The van der Waals surface area contributed by atoms with Crippen LogP contribution in [0.15, 0.2) is 17.5 Å². The van der Waals surface area contributed by atoms with Crippen LogP contribution in [0.4, 0.5) is 0 Å². The van der Waals surface area contributed by atoms with Crippen molar-refractivity contribution in [3.63, 3.8) is 0 Å². The molecule has 128 valence electrons. The molecule has 0 spiro atoms. The number of fused-ring (bicyclic) bond motifs is 1. The van der Waals surface area contributed by atoms with Crippen molar-refractivity contribution in [3.05, 3.63) is 28.5 Å². The highest BCUT2D eigenvalue weighted by atomic mass is 35.5. The van der Waals surface area contributed by atoms with Crippen LogP contribution in [0.3, 0.4) is 0 Å². The van der Waals surface area contributed by atoms with Gasteiger partial charge in [-0.15, -0.1) is 11.3 Å². The van der Waals surface area contributed by atoms with Crippen LogP contribution in [0.1, 0.15) is 37.9 Å². The van der Waals surface area contributed by atoms with Gasteiger partial charge in [0, 0.05) is 7.05 Å². The minimum absolute atomic E-state index is 0.281. The van der Waals surface area contributed by atoms with E-state index >= 15 is 0 Å². The number of hydrogen-bond donors (Lipinski definition) is 1. The number of halogens is 1. The van der Waals surface area contributed by atoms with E-state index in [1.807, 2.05) is 29.1 Å². The summed E-state index contributed by atoms with van der Waals surface area (Å²) in [6.07, 6.45) is 4.54. The third-order valence-corrected chi connectivity index (χ3v) is 5.63. The summed E-state index contributed by atoms with van der Waals surface area (Å²) in [5.41, 5.74) is 0.273. The van der Waals surface area contributed by atoms with Gasteiger partial charge in [-0.2, -0.15) is 0 Å². The van der Waals surface area contributed by atoms with Gasteiger partial charge in [0.25, 0.3) is 0 Å². The summed E-state index contributed by atoms with van der Waals surface area (Å²) in [5.74, 6) is 6.99. The van der Waals surface area contributed by atoms with Crippen LogP contribution < -0.4 is 0 Å². The molecule has 1 saturated carbocycles. The minimum atomic E-state index is -0.933. The van der Waals surface area contributed by atoms with E-state index < -0.39 is 5.60 Å². The zero-order valence-electron chi connectivity index (χ0n) is 13.8. The first-order valence-electron chi connectivity index (χ1n) is 8.25. The molecule has 0 bridgehead atoms. The van der Waals surface area contributed by atoms with Crippen molar-refractivity contribution in [2.75, 3.05) is 0 Å². The molecule has 7 heteroatoms.